The van der Waals surface area contributed by atoms with Gasteiger partial charge in [0, 0.05) is 55.1 Å². The van der Waals surface area contributed by atoms with Crippen LogP contribution in [0, 0.1) is 17.6 Å². The maximum Gasteiger partial charge on any atom is 0.350 e. The number of anilines is 2. The molecule has 4 atom stereocenters. The predicted octanol–water partition coefficient (Wildman–Crippen LogP) is 6.80. The number of nitrogens with zero attached hydrogens (tertiary/aromatic N) is 8. The highest BCUT2D eigenvalue weighted by Crippen LogP contribution is 2.42. The maximum absolute atomic E-state index is 15.0. The number of benzene rings is 4. The number of ether oxygens (including phenoxy) is 3. The van der Waals surface area contributed by atoms with Crippen LogP contribution in [0.2, 0.25) is 0 Å². The molecule has 2 aliphatic heterocycles. The first-order valence-electron chi connectivity index (χ1n) is 19.9. The highest BCUT2D eigenvalue weighted by Gasteiger charge is 2.44. The van der Waals surface area contributed by atoms with Crippen LogP contribution >= 0.6 is 0 Å². The Bertz CT molecular complexity index is 2300. The van der Waals surface area contributed by atoms with Crippen molar-refractivity contribution in [1.29, 1.82) is 0 Å². The van der Waals surface area contributed by atoms with Crippen molar-refractivity contribution in [2.75, 3.05) is 49.2 Å². The third kappa shape index (κ3) is 8.53. The topological polar surface area (TPSA) is 105 Å². The van der Waals surface area contributed by atoms with Crippen LogP contribution in [-0.2, 0) is 28.2 Å². The Morgan fingerprint density at radius 3 is 2.21 bits per heavy atom. The first-order chi connectivity index (χ1) is 28.3. The van der Waals surface area contributed by atoms with Crippen molar-refractivity contribution in [3.8, 4) is 11.4 Å². The molecule has 0 N–H and O–H groups in total. The molecule has 12 nitrogen and oxygen atoms in total. The zero-order chi connectivity index (χ0) is 40.1. The minimum absolute atomic E-state index is 0.0128. The molecular formula is C44H48F2N8O4. The van der Waals surface area contributed by atoms with Gasteiger partial charge in [0.25, 0.3) is 0 Å². The van der Waals surface area contributed by atoms with E-state index >= 15 is 4.39 Å². The predicted molar refractivity (Wildman–Crippen MR) is 216 cm³/mol. The summed E-state index contributed by atoms with van der Waals surface area (Å²) in [5.74, 6) is -0.555. The Hall–Kier alpha value is -5.86. The van der Waals surface area contributed by atoms with Crippen molar-refractivity contribution in [1.82, 2.24) is 29.1 Å². The monoisotopic (exact) mass is 790 g/mol. The van der Waals surface area contributed by atoms with Gasteiger partial charge < -0.3 is 24.0 Å². The van der Waals surface area contributed by atoms with E-state index in [-0.39, 0.29) is 30.3 Å². The maximum atomic E-state index is 15.0. The van der Waals surface area contributed by atoms with Gasteiger partial charge in [-0.05, 0) is 79.9 Å². The summed E-state index contributed by atoms with van der Waals surface area (Å²) in [6, 6.07) is 29.6. The quantitative estimate of drug-likeness (QED) is 0.111. The molecule has 0 saturated carbocycles. The van der Waals surface area contributed by atoms with Crippen LogP contribution in [0.25, 0.3) is 5.69 Å². The molecule has 302 valence electrons. The van der Waals surface area contributed by atoms with Gasteiger partial charge in [0.15, 0.2) is 0 Å². The molecule has 2 aromatic heterocycles. The molecule has 2 fully saturated rings. The molecule has 58 heavy (non-hydrogen) atoms. The van der Waals surface area contributed by atoms with Gasteiger partial charge in [0.05, 0.1) is 44.2 Å². The van der Waals surface area contributed by atoms with Gasteiger partial charge in [-0.1, -0.05) is 43.3 Å². The molecule has 4 aromatic carbocycles. The molecule has 2 saturated heterocycles. The van der Waals surface area contributed by atoms with Crippen molar-refractivity contribution in [3.63, 3.8) is 0 Å². The molecule has 0 bridgehead atoms. The minimum Gasteiger partial charge on any atom is -0.493 e. The molecule has 0 spiro atoms. The van der Waals surface area contributed by atoms with Gasteiger partial charge in [-0.25, -0.2) is 32.5 Å². The standard InChI is InChI=1S/C44H48F2N8O4/c1-3-42(32(2)56-25-33-7-5-4-6-8-33)54-43(55)53(31-49-54)38-12-10-36(11-13-38)50-19-21-51(22-20-50)37-14-16-39(17-15-37)57-26-34-24-44(58-27-34,28-52-30-47-29-48-52)40-18-9-35(45)23-41(40)46/h4-18,23,29-32,34,42H,3,19-22,24-28H2,1-2H3/t32-,34+,42-,44?/m0/s1. The zero-order valence-electron chi connectivity index (χ0n) is 32.7. The lowest BCUT2D eigenvalue weighted by atomic mass is 9.87. The number of aromatic nitrogens is 6. The summed E-state index contributed by atoms with van der Waals surface area (Å²) in [6.07, 6.45) is 5.57. The normalized spacial score (nSPS) is 19.3. The van der Waals surface area contributed by atoms with E-state index in [1.807, 2.05) is 68.4 Å². The lowest BCUT2D eigenvalue weighted by Crippen LogP contribution is -2.46. The van der Waals surface area contributed by atoms with Gasteiger partial charge >= 0.3 is 5.69 Å². The lowest BCUT2D eigenvalue weighted by molar-refractivity contribution is -0.0206. The van der Waals surface area contributed by atoms with Crippen molar-refractivity contribution in [2.45, 2.75) is 57.6 Å². The van der Waals surface area contributed by atoms with E-state index in [0.29, 0.717) is 38.2 Å². The summed E-state index contributed by atoms with van der Waals surface area (Å²) >= 11 is 0. The highest BCUT2D eigenvalue weighted by molar-refractivity contribution is 5.54. The summed E-state index contributed by atoms with van der Waals surface area (Å²) in [6.45, 7) is 8.91. The molecule has 8 rings (SSSR count). The van der Waals surface area contributed by atoms with Crippen LogP contribution in [0.3, 0.4) is 0 Å². The van der Waals surface area contributed by atoms with E-state index in [2.05, 4.69) is 49.2 Å². The molecule has 4 heterocycles. The molecule has 0 amide bonds. The Balaban J connectivity index is 0.828. The van der Waals surface area contributed by atoms with Crippen molar-refractivity contribution >= 4 is 11.4 Å². The van der Waals surface area contributed by atoms with Crippen molar-refractivity contribution in [3.05, 3.63) is 149 Å². The number of piperazine rings is 1. The Kier molecular flexibility index (Phi) is 11.6. The third-order valence-corrected chi connectivity index (χ3v) is 11.3. The molecule has 2 aliphatic rings. The zero-order valence-corrected chi connectivity index (χ0v) is 32.7. The second-order valence-electron chi connectivity index (χ2n) is 15.1. The summed E-state index contributed by atoms with van der Waals surface area (Å²) < 4.78 is 52.1. The molecule has 14 heteroatoms. The highest BCUT2D eigenvalue weighted by atomic mass is 19.1. The van der Waals surface area contributed by atoms with E-state index in [1.165, 1.54) is 18.5 Å². The van der Waals surface area contributed by atoms with Crippen LogP contribution in [0.4, 0.5) is 20.2 Å². The fourth-order valence-electron chi connectivity index (χ4n) is 8.14. The van der Waals surface area contributed by atoms with Crippen molar-refractivity contribution in [2.24, 2.45) is 5.92 Å². The molecular weight excluding hydrogens is 743 g/mol. The van der Waals surface area contributed by atoms with Crippen LogP contribution in [0.5, 0.6) is 5.75 Å². The fraction of sp³-hybridized carbons (Fsp3) is 0.364. The summed E-state index contributed by atoms with van der Waals surface area (Å²) in [5, 5.41) is 8.68. The van der Waals surface area contributed by atoms with Gasteiger partial charge in [-0.2, -0.15) is 10.2 Å². The van der Waals surface area contributed by atoms with Gasteiger partial charge in [-0.3, -0.25) is 0 Å². The molecule has 0 aliphatic carbocycles. The van der Waals surface area contributed by atoms with E-state index in [1.54, 1.807) is 26.6 Å². The molecule has 1 unspecified atom stereocenters. The first kappa shape index (κ1) is 39.0. The smallest absolute Gasteiger partial charge is 0.350 e. The average molecular weight is 791 g/mol. The number of halogens is 2. The number of hydrogen-bond acceptors (Lipinski definition) is 9. The van der Waals surface area contributed by atoms with E-state index in [0.717, 1.165) is 60.6 Å². The largest absolute Gasteiger partial charge is 0.493 e. The second kappa shape index (κ2) is 17.3. The molecule has 0 radical (unpaired) electrons. The van der Waals surface area contributed by atoms with E-state index in [9.17, 15) is 9.18 Å². The third-order valence-electron chi connectivity index (χ3n) is 11.3. The van der Waals surface area contributed by atoms with Gasteiger partial charge in [-0.15, -0.1) is 0 Å². The van der Waals surface area contributed by atoms with Crippen LogP contribution in [-0.4, -0.2) is 74.6 Å². The summed E-state index contributed by atoms with van der Waals surface area (Å²) in [7, 11) is 0. The van der Waals surface area contributed by atoms with Crippen LogP contribution < -0.4 is 20.2 Å². The van der Waals surface area contributed by atoms with Gasteiger partial charge in [0.2, 0.25) is 0 Å². The number of hydrogen-bond donors (Lipinski definition) is 0. The molecule has 6 aromatic rings. The Morgan fingerprint density at radius 1 is 0.862 bits per heavy atom. The van der Waals surface area contributed by atoms with Crippen LogP contribution in [0.1, 0.15) is 43.9 Å². The van der Waals surface area contributed by atoms with Gasteiger partial charge in [0.1, 0.15) is 42.0 Å². The van der Waals surface area contributed by atoms with Crippen LogP contribution in [0.15, 0.2) is 121 Å². The lowest BCUT2D eigenvalue weighted by Gasteiger charge is -2.37. The Labute approximate surface area is 336 Å². The average Bonchev–Trinajstić information content (AvgIpc) is 4.02. The van der Waals surface area contributed by atoms with Crippen molar-refractivity contribution < 1.29 is 23.0 Å². The second-order valence-corrected chi connectivity index (χ2v) is 15.1. The fourth-order valence-corrected chi connectivity index (χ4v) is 8.14. The number of rotatable bonds is 15. The first-order valence-corrected chi connectivity index (χ1v) is 19.9. The van der Waals surface area contributed by atoms with E-state index in [4.69, 9.17) is 14.2 Å². The van der Waals surface area contributed by atoms with E-state index < -0.39 is 17.2 Å². The summed E-state index contributed by atoms with van der Waals surface area (Å²) in [5.41, 5.74) is 3.16. The minimum atomic E-state index is -1.02. The summed E-state index contributed by atoms with van der Waals surface area (Å²) in [4.78, 5) is 22.2. The Morgan fingerprint density at radius 2 is 1.55 bits per heavy atom. The SMILES string of the molecule is CC[C@@H]([C@H](C)OCc1ccccc1)n1ncn(-c2ccc(N3CCN(c4ccc(OC[C@@H]5COC(Cn6cncn6)(c6ccc(F)cc6F)C5)cc4)CC3)cc2)c1=O.